The fourth-order valence-corrected chi connectivity index (χ4v) is 2.65. The highest BCUT2D eigenvalue weighted by Crippen LogP contribution is 2.15. The number of benzene rings is 1. The minimum atomic E-state index is -3.72. The SMILES string of the molecule is Cc1ccc(S(=O)(=O)Nc2ncc(OCCC(C)O)cn2)cc1. The molecule has 0 spiro atoms. The van der Waals surface area contributed by atoms with Crippen LogP contribution in [0.3, 0.4) is 0 Å². The number of aliphatic hydroxyl groups excluding tert-OH is 1. The molecule has 0 aliphatic heterocycles. The molecule has 2 rings (SSSR count). The first kappa shape index (κ1) is 17.2. The topological polar surface area (TPSA) is 101 Å². The van der Waals surface area contributed by atoms with Crippen molar-refractivity contribution in [2.75, 3.05) is 11.3 Å². The molecular weight excluding hydrogens is 318 g/mol. The third kappa shape index (κ3) is 5.19. The minimum Gasteiger partial charge on any atom is -0.490 e. The van der Waals surface area contributed by atoms with Crippen LogP contribution >= 0.6 is 0 Å². The van der Waals surface area contributed by atoms with Gasteiger partial charge in [-0.05, 0) is 26.0 Å². The number of rotatable bonds is 7. The zero-order valence-electron chi connectivity index (χ0n) is 12.9. The largest absolute Gasteiger partial charge is 0.490 e. The predicted molar refractivity (Wildman–Crippen MR) is 85.8 cm³/mol. The average Bonchev–Trinajstić information content (AvgIpc) is 2.49. The van der Waals surface area contributed by atoms with E-state index in [1.54, 1.807) is 19.1 Å². The quantitative estimate of drug-likeness (QED) is 0.798. The van der Waals surface area contributed by atoms with Crippen LogP contribution in [0.2, 0.25) is 0 Å². The van der Waals surface area contributed by atoms with Gasteiger partial charge >= 0.3 is 0 Å². The van der Waals surface area contributed by atoms with Crippen molar-refractivity contribution in [2.24, 2.45) is 0 Å². The molecule has 0 radical (unpaired) electrons. The molecule has 2 aromatic rings. The second-order valence-electron chi connectivity index (χ2n) is 5.15. The van der Waals surface area contributed by atoms with E-state index in [9.17, 15) is 8.42 Å². The molecule has 0 fully saturated rings. The maximum absolute atomic E-state index is 12.2. The van der Waals surface area contributed by atoms with Crippen LogP contribution < -0.4 is 9.46 Å². The Morgan fingerprint density at radius 2 is 1.83 bits per heavy atom. The van der Waals surface area contributed by atoms with E-state index in [0.29, 0.717) is 18.8 Å². The van der Waals surface area contributed by atoms with Gasteiger partial charge in [0.1, 0.15) is 0 Å². The molecule has 1 aromatic carbocycles. The van der Waals surface area contributed by atoms with Crippen LogP contribution in [0, 0.1) is 6.92 Å². The van der Waals surface area contributed by atoms with E-state index in [1.165, 1.54) is 24.5 Å². The summed E-state index contributed by atoms with van der Waals surface area (Å²) in [4.78, 5) is 7.97. The Morgan fingerprint density at radius 3 is 2.39 bits per heavy atom. The van der Waals surface area contributed by atoms with E-state index >= 15 is 0 Å². The highest BCUT2D eigenvalue weighted by Gasteiger charge is 2.15. The molecule has 23 heavy (non-hydrogen) atoms. The maximum atomic E-state index is 12.2. The van der Waals surface area contributed by atoms with Gasteiger partial charge in [-0.15, -0.1) is 0 Å². The summed E-state index contributed by atoms with van der Waals surface area (Å²) in [5.41, 5.74) is 0.971. The normalized spacial score (nSPS) is 12.7. The molecule has 8 heteroatoms. The fourth-order valence-electron chi connectivity index (χ4n) is 1.69. The van der Waals surface area contributed by atoms with Gasteiger partial charge in [0.2, 0.25) is 5.95 Å². The lowest BCUT2D eigenvalue weighted by Crippen LogP contribution is -2.15. The minimum absolute atomic E-state index is 0.0338. The number of hydrogen-bond donors (Lipinski definition) is 2. The third-order valence-corrected chi connectivity index (χ3v) is 4.33. The fraction of sp³-hybridized carbons (Fsp3) is 0.333. The molecule has 0 saturated carbocycles. The first-order valence-corrected chi connectivity index (χ1v) is 8.57. The van der Waals surface area contributed by atoms with E-state index in [1.807, 2.05) is 6.92 Å². The number of aryl methyl sites for hydroxylation is 1. The summed E-state index contributed by atoms with van der Waals surface area (Å²) in [6, 6.07) is 6.47. The highest BCUT2D eigenvalue weighted by molar-refractivity contribution is 7.92. The summed E-state index contributed by atoms with van der Waals surface area (Å²) < 4.78 is 32.0. The Labute approximate surface area is 135 Å². The molecule has 0 bridgehead atoms. The molecule has 1 heterocycles. The Hall–Kier alpha value is -2.19. The Kier molecular flexibility index (Phi) is 5.51. The van der Waals surface area contributed by atoms with Crippen LogP contribution in [0.25, 0.3) is 0 Å². The molecule has 1 atom stereocenters. The lowest BCUT2D eigenvalue weighted by Gasteiger charge is -2.09. The van der Waals surface area contributed by atoms with Gasteiger partial charge in [0.15, 0.2) is 5.75 Å². The molecule has 124 valence electrons. The van der Waals surface area contributed by atoms with Gasteiger partial charge in [-0.2, -0.15) is 0 Å². The van der Waals surface area contributed by atoms with Crippen molar-refractivity contribution < 1.29 is 18.3 Å². The number of hydrogen-bond acceptors (Lipinski definition) is 6. The lowest BCUT2D eigenvalue weighted by molar-refractivity contribution is 0.155. The van der Waals surface area contributed by atoms with Crippen molar-refractivity contribution in [1.29, 1.82) is 0 Å². The van der Waals surface area contributed by atoms with Crippen molar-refractivity contribution in [3.05, 3.63) is 42.2 Å². The standard InChI is InChI=1S/C15H19N3O4S/c1-11-3-5-14(6-4-11)23(20,21)18-15-16-9-13(10-17-15)22-8-7-12(2)19/h3-6,9-10,12,19H,7-8H2,1-2H3,(H,16,17,18). The number of aromatic nitrogens is 2. The highest BCUT2D eigenvalue weighted by atomic mass is 32.2. The third-order valence-electron chi connectivity index (χ3n) is 2.99. The number of aliphatic hydroxyl groups is 1. The summed E-state index contributed by atoms with van der Waals surface area (Å²) in [5.74, 6) is 0.373. The van der Waals surface area contributed by atoms with Gasteiger partial charge in [-0.25, -0.2) is 23.1 Å². The Bertz CT molecular complexity index is 728. The van der Waals surface area contributed by atoms with Crippen LogP contribution in [0.15, 0.2) is 41.6 Å². The monoisotopic (exact) mass is 337 g/mol. The maximum Gasteiger partial charge on any atom is 0.264 e. The second-order valence-corrected chi connectivity index (χ2v) is 6.83. The summed E-state index contributed by atoms with van der Waals surface area (Å²) in [7, 11) is -3.72. The van der Waals surface area contributed by atoms with Crippen LogP contribution in [0.5, 0.6) is 5.75 Å². The van der Waals surface area contributed by atoms with Crippen LogP contribution in [-0.2, 0) is 10.0 Å². The van der Waals surface area contributed by atoms with Crippen molar-refractivity contribution in [1.82, 2.24) is 9.97 Å². The molecule has 1 unspecified atom stereocenters. The number of nitrogens with zero attached hydrogens (tertiary/aromatic N) is 2. The molecule has 7 nitrogen and oxygen atoms in total. The number of anilines is 1. The second kappa shape index (κ2) is 7.38. The zero-order valence-corrected chi connectivity index (χ0v) is 13.7. The first-order valence-electron chi connectivity index (χ1n) is 7.09. The van der Waals surface area contributed by atoms with Crippen LogP contribution in [-0.4, -0.2) is 36.2 Å². The number of sulfonamides is 1. The smallest absolute Gasteiger partial charge is 0.264 e. The van der Waals surface area contributed by atoms with Gasteiger partial charge in [0.05, 0.1) is 30.0 Å². The average molecular weight is 337 g/mol. The molecule has 0 aliphatic carbocycles. The number of ether oxygens (including phenoxy) is 1. The van der Waals surface area contributed by atoms with E-state index in [-0.39, 0.29) is 10.8 Å². The molecule has 0 saturated heterocycles. The zero-order chi connectivity index (χ0) is 16.9. The number of nitrogens with one attached hydrogen (secondary N) is 1. The molecule has 1 aromatic heterocycles. The molecule has 0 amide bonds. The van der Waals surface area contributed by atoms with Crippen molar-refractivity contribution in [2.45, 2.75) is 31.3 Å². The summed E-state index contributed by atoms with van der Waals surface area (Å²) >= 11 is 0. The van der Waals surface area contributed by atoms with Crippen LogP contribution in [0.1, 0.15) is 18.9 Å². The van der Waals surface area contributed by atoms with E-state index in [2.05, 4.69) is 14.7 Å². The van der Waals surface area contributed by atoms with Crippen molar-refractivity contribution >= 4 is 16.0 Å². The summed E-state index contributed by atoms with van der Waals surface area (Å²) in [6.45, 7) is 3.88. The van der Waals surface area contributed by atoms with Gasteiger partial charge in [-0.1, -0.05) is 17.7 Å². The van der Waals surface area contributed by atoms with Gasteiger partial charge in [-0.3, -0.25) is 0 Å². The summed E-state index contributed by atoms with van der Waals surface area (Å²) in [5, 5.41) is 9.14. The van der Waals surface area contributed by atoms with E-state index in [4.69, 9.17) is 9.84 Å². The Morgan fingerprint density at radius 1 is 1.22 bits per heavy atom. The first-order chi connectivity index (χ1) is 10.9. The molecule has 0 aliphatic rings. The van der Waals surface area contributed by atoms with Crippen LogP contribution in [0.4, 0.5) is 5.95 Å². The molecular formula is C15H19N3O4S. The van der Waals surface area contributed by atoms with Crippen molar-refractivity contribution in [3.8, 4) is 5.75 Å². The van der Waals surface area contributed by atoms with Crippen molar-refractivity contribution in [3.63, 3.8) is 0 Å². The lowest BCUT2D eigenvalue weighted by atomic mass is 10.2. The van der Waals surface area contributed by atoms with E-state index < -0.39 is 16.1 Å². The van der Waals surface area contributed by atoms with Gasteiger partial charge in [0.25, 0.3) is 10.0 Å². The summed E-state index contributed by atoms with van der Waals surface area (Å²) in [6.07, 6.45) is 2.79. The van der Waals surface area contributed by atoms with E-state index in [0.717, 1.165) is 5.56 Å². The van der Waals surface area contributed by atoms with Gasteiger partial charge in [0, 0.05) is 6.42 Å². The molecule has 2 N–H and O–H groups in total. The Balaban J connectivity index is 2.01. The van der Waals surface area contributed by atoms with Gasteiger partial charge < -0.3 is 9.84 Å². The predicted octanol–water partition coefficient (Wildman–Crippen LogP) is 1.74.